The minimum Gasteiger partial charge on any atom is -0.497 e. The first kappa shape index (κ1) is 19.9. The molecule has 0 atom stereocenters. The third-order valence-corrected chi connectivity index (χ3v) is 4.98. The Morgan fingerprint density at radius 1 is 1.07 bits per heavy atom. The van der Waals surface area contributed by atoms with Crippen molar-refractivity contribution in [3.8, 4) is 5.75 Å². The number of methoxy groups -OCH3 is 1. The summed E-state index contributed by atoms with van der Waals surface area (Å²) in [5, 5.41) is 5.41. The predicted octanol–water partition coefficient (Wildman–Crippen LogP) is 4.79. The SMILES string of the molecule is CCc1cccc(C)c1NC(=O)CN(C)Cc1ccc2cc(OC)ccc2c1. The van der Waals surface area contributed by atoms with Crippen LogP contribution in [0.15, 0.2) is 54.6 Å². The molecular formula is C24H28N2O2. The molecule has 3 aromatic carbocycles. The molecule has 0 unspecified atom stereocenters. The Kier molecular flexibility index (Phi) is 6.32. The number of anilines is 1. The molecular weight excluding hydrogens is 348 g/mol. The van der Waals surface area contributed by atoms with Crippen molar-refractivity contribution in [3.63, 3.8) is 0 Å². The number of aryl methyl sites for hydroxylation is 2. The van der Waals surface area contributed by atoms with E-state index in [9.17, 15) is 4.79 Å². The van der Waals surface area contributed by atoms with Crippen molar-refractivity contribution >= 4 is 22.4 Å². The number of amides is 1. The van der Waals surface area contributed by atoms with E-state index in [1.165, 1.54) is 16.5 Å². The highest BCUT2D eigenvalue weighted by atomic mass is 16.5. The van der Waals surface area contributed by atoms with E-state index in [1.54, 1.807) is 7.11 Å². The monoisotopic (exact) mass is 376 g/mol. The number of hydrogen-bond acceptors (Lipinski definition) is 3. The number of likely N-dealkylation sites (N-methyl/N-ethyl adjacent to an activating group) is 1. The zero-order chi connectivity index (χ0) is 20.1. The van der Waals surface area contributed by atoms with Gasteiger partial charge in [0.25, 0.3) is 0 Å². The Hall–Kier alpha value is -2.85. The molecule has 0 bridgehead atoms. The van der Waals surface area contributed by atoms with E-state index in [1.807, 2.05) is 43.1 Å². The standard InChI is InChI=1S/C24H28N2O2/c1-5-19-8-6-7-17(2)24(19)25-23(27)16-26(3)15-18-9-10-21-14-22(28-4)12-11-20(21)13-18/h6-14H,5,15-16H2,1-4H3,(H,25,27). The molecule has 0 aliphatic carbocycles. The largest absolute Gasteiger partial charge is 0.497 e. The van der Waals surface area contributed by atoms with Crippen LogP contribution in [0, 0.1) is 6.92 Å². The Morgan fingerprint density at radius 3 is 2.57 bits per heavy atom. The molecule has 0 saturated carbocycles. The summed E-state index contributed by atoms with van der Waals surface area (Å²) in [7, 11) is 3.65. The van der Waals surface area contributed by atoms with Crippen molar-refractivity contribution in [1.29, 1.82) is 0 Å². The molecule has 0 aliphatic heterocycles. The average Bonchev–Trinajstić information content (AvgIpc) is 2.68. The van der Waals surface area contributed by atoms with Gasteiger partial charge in [-0.25, -0.2) is 0 Å². The molecule has 0 fully saturated rings. The summed E-state index contributed by atoms with van der Waals surface area (Å²) < 4.78 is 5.28. The lowest BCUT2D eigenvalue weighted by Crippen LogP contribution is -2.30. The average molecular weight is 377 g/mol. The summed E-state index contributed by atoms with van der Waals surface area (Å²) in [6, 6.07) is 18.6. The summed E-state index contributed by atoms with van der Waals surface area (Å²) in [6.07, 6.45) is 0.898. The van der Waals surface area contributed by atoms with Crippen molar-refractivity contribution in [2.24, 2.45) is 0 Å². The van der Waals surface area contributed by atoms with Gasteiger partial charge in [-0.3, -0.25) is 9.69 Å². The first-order valence-corrected chi connectivity index (χ1v) is 9.63. The fraction of sp³-hybridized carbons (Fsp3) is 0.292. The van der Waals surface area contributed by atoms with Crippen LogP contribution in [0.25, 0.3) is 10.8 Å². The number of fused-ring (bicyclic) bond motifs is 1. The highest BCUT2D eigenvalue weighted by Crippen LogP contribution is 2.23. The first-order valence-electron chi connectivity index (χ1n) is 9.63. The number of nitrogens with one attached hydrogen (secondary N) is 1. The van der Waals surface area contributed by atoms with Crippen LogP contribution < -0.4 is 10.1 Å². The summed E-state index contributed by atoms with van der Waals surface area (Å²) in [5.41, 5.74) is 4.39. The second-order valence-electron chi connectivity index (χ2n) is 7.23. The highest BCUT2D eigenvalue weighted by Gasteiger charge is 2.11. The van der Waals surface area contributed by atoms with Gasteiger partial charge in [0.15, 0.2) is 0 Å². The van der Waals surface area contributed by atoms with E-state index in [0.717, 1.165) is 28.8 Å². The lowest BCUT2D eigenvalue weighted by atomic mass is 10.1. The Bertz CT molecular complexity index is 982. The maximum Gasteiger partial charge on any atom is 0.238 e. The van der Waals surface area contributed by atoms with Gasteiger partial charge in [-0.1, -0.05) is 43.3 Å². The van der Waals surface area contributed by atoms with E-state index in [4.69, 9.17) is 4.74 Å². The van der Waals surface area contributed by atoms with E-state index in [0.29, 0.717) is 13.1 Å². The third-order valence-electron chi connectivity index (χ3n) is 4.98. The van der Waals surface area contributed by atoms with Crippen LogP contribution in [-0.4, -0.2) is 31.5 Å². The van der Waals surface area contributed by atoms with Gasteiger partial charge in [0.2, 0.25) is 5.91 Å². The molecule has 0 saturated heterocycles. The summed E-state index contributed by atoms with van der Waals surface area (Å²) >= 11 is 0. The first-order chi connectivity index (χ1) is 13.5. The zero-order valence-electron chi connectivity index (χ0n) is 17.1. The topological polar surface area (TPSA) is 41.6 Å². The fourth-order valence-electron chi connectivity index (χ4n) is 3.49. The van der Waals surface area contributed by atoms with Crippen LogP contribution in [0.5, 0.6) is 5.75 Å². The molecule has 4 nitrogen and oxygen atoms in total. The van der Waals surface area contributed by atoms with Gasteiger partial charge in [-0.05, 0) is 66.1 Å². The van der Waals surface area contributed by atoms with Crippen LogP contribution in [0.3, 0.4) is 0 Å². The van der Waals surface area contributed by atoms with Gasteiger partial charge in [0.1, 0.15) is 5.75 Å². The molecule has 0 aliphatic rings. The minimum absolute atomic E-state index is 0.0111. The maximum absolute atomic E-state index is 12.5. The third kappa shape index (κ3) is 4.70. The number of carbonyl (C=O) groups excluding carboxylic acids is 1. The van der Waals surface area contributed by atoms with Crippen molar-refractivity contribution < 1.29 is 9.53 Å². The Morgan fingerprint density at radius 2 is 1.82 bits per heavy atom. The number of nitrogens with zero attached hydrogens (tertiary/aromatic N) is 1. The molecule has 0 aromatic heterocycles. The normalized spacial score (nSPS) is 11.0. The molecule has 0 radical (unpaired) electrons. The Labute approximate surface area is 167 Å². The van der Waals surface area contributed by atoms with Crippen molar-refractivity contribution in [2.75, 3.05) is 26.0 Å². The van der Waals surface area contributed by atoms with Gasteiger partial charge in [-0.2, -0.15) is 0 Å². The molecule has 28 heavy (non-hydrogen) atoms. The summed E-state index contributed by atoms with van der Waals surface area (Å²) in [5.74, 6) is 0.869. The van der Waals surface area contributed by atoms with Crippen molar-refractivity contribution in [2.45, 2.75) is 26.8 Å². The van der Waals surface area contributed by atoms with Gasteiger partial charge in [0, 0.05) is 12.2 Å². The Balaban J connectivity index is 1.64. The lowest BCUT2D eigenvalue weighted by Gasteiger charge is -2.18. The summed E-state index contributed by atoms with van der Waals surface area (Å²) in [6.45, 7) is 5.19. The molecule has 1 amide bonds. The number of ether oxygens (including phenoxy) is 1. The minimum atomic E-state index is 0.0111. The number of rotatable bonds is 7. The van der Waals surface area contributed by atoms with E-state index in [-0.39, 0.29) is 5.91 Å². The smallest absolute Gasteiger partial charge is 0.238 e. The van der Waals surface area contributed by atoms with Crippen LogP contribution >= 0.6 is 0 Å². The number of benzene rings is 3. The van der Waals surface area contributed by atoms with Gasteiger partial charge >= 0.3 is 0 Å². The van der Waals surface area contributed by atoms with Crippen LogP contribution in [0.1, 0.15) is 23.6 Å². The van der Waals surface area contributed by atoms with E-state index in [2.05, 4.69) is 42.6 Å². The lowest BCUT2D eigenvalue weighted by molar-refractivity contribution is -0.117. The van der Waals surface area contributed by atoms with Crippen molar-refractivity contribution in [1.82, 2.24) is 4.90 Å². The molecule has 0 heterocycles. The number of hydrogen-bond donors (Lipinski definition) is 1. The predicted molar refractivity (Wildman–Crippen MR) is 116 cm³/mol. The quantitative estimate of drug-likeness (QED) is 0.645. The molecule has 3 aromatic rings. The molecule has 146 valence electrons. The second-order valence-corrected chi connectivity index (χ2v) is 7.23. The molecule has 0 spiro atoms. The maximum atomic E-state index is 12.5. The molecule has 3 rings (SSSR count). The van der Waals surface area contributed by atoms with E-state index < -0.39 is 0 Å². The second kappa shape index (κ2) is 8.89. The zero-order valence-corrected chi connectivity index (χ0v) is 17.1. The molecule has 4 heteroatoms. The fourth-order valence-corrected chi connectivity index (χ4v) is 3.49. The van der Waals surface area contributed by atoms with Crippen LogP contribution in [0.2, 0.25) is 0 Å². The number of carbonyl (C=O) groups is 1. The van der Waals surface area contributed by atoms with E-state index >= 15 is 0 Å². The molecule has 1 N–H and O–H groups in total. The van der Waals surface area contributed by atoms with Gasteiger partial charge < -0.3 is 10.1 Å². The van der Waals surface area contributed by atoms with Crippen LogP contribution in [-0.2, 0) is 17.8 Å². The highest BCUT2D eigenvalue weighted by molar-refractivity contribution is 5.93. The van der Waals surface area contributed by atoms with Gasteiger partial charge in [0.05, 0.1) is 13.7 Å². The summed E-state index contributed by atoms with van der Waals surface area (Å²) in [4.78, 5) is 14.6. The van der Waals surface area contributed by atoms with Crippen molar-refractivity contribution in [3.05, 3.63) is 71.3 Å². The van der Waals surface area contributed by atoms with Crippen LogP contribution in [0.4, 0.5) is 5.69 Å². The van der Waals surface area contributed by atoms with Gasteiger partial charge in [-0.15, -0.1) is 0 Å². The number of para-hydroxylation sites is 1.